The van der Waals surface area contributed by atoms with Gasteiger partial charge in [-0.3, -0.25) is 0 Å². The zero-order chi connectivity index (χ0) is 15.5. The number of rotatable bonds is 10. The van der Waals surface area contributed by atoms with Gasteiger partial charge in [-0.1, -0.05) is 0 Å². The molecular weight excluding hydrogens is 342 g/mol. The van der Waals surface area contributed by atoms with E-state index in [2.05, 4.69) is 15.9 Å². The molecule has 0 unspecified atom stereocenters. The number of carbonyl (C=O) groups excluding carboxylic acids is 1. The van der Waals surface area contributed by atoms with Crippen molar-refractivity contribution in [2.75, 3.05) is 52.5 Å². The Kier molecular flexibility index (Phi) is 9.00. The molecule has 1 aromatic carbocycles. The van der Waals surface area contributed by atoms with Gasteiger partial charge in [-0.25, -0.2) is 4.79 Å². The van der Waals surface area contributed by atoms with E-state index in [9.17, 15) is 4.79 Å². The third-order valence-corrected chi connectivity index (χ3v) is 3.19. The van der Waals surface area contributed by atoms with E-state index in [0.717, 1.165) is 0 Å². The quantitative estimate of drug-likeness (QED) is 0.389. The monoisotopic (exact) mass is 361 g/mol. The molecule has 7 heteroatoms. The lowest BCUT2D eigenvalue weighted by Gasteiger charge is -2.07. The van der Waals surface area contributed by atoms with Crippen LogP contribution in [0.15, 0.2) is 22.7 Å². The van der Waals surface area contributed by atoms with Crippen LogP contribution in [0.5, 0.6) is 0 Å². The topological polar surface area (TPSA) is 80.0 Å². The third-order valence-electron chi connectivity index (χ3n) is 2.50. The second-order valence-electron chi connectivity index (χ2n) is 4.09. The number of benzene rings is 1. The summed E-state index contributed by atoms with van der Waals surface area (Å²) in [4.78, 5) is 11.7. The summed E-state index contributed by atoms with van der Waals surface area (Å²) in [6, 6.07) is 4.89. The highest BCUT2D eigenvalue weighted by Gasteiger charge is 2.08. The molecule has 0 saturated carbocycles. The summed E-state index contributed by atoms with van der Waals surface area (Å²) in [5, 5.41) is 0. The number of ether oxygens (including phenoxy) is 4. The minimum absolute atomic E-state index is 0.193. The molecule has 0 saturated heterocycles. The average Bonchev–Trinajstić information content (AvgIpc) is 2.48. The first kappa shape index (κ1) is 17.9. The average molecular weight is 362 g/mol. The summed E-state index contributed by atoms with van der Waals surface area (Å²) in [6.45, 7) is 2.57. The molecule has 1 aromatic rings. The van der Waals surface area contributed by atoms with Gasteiger partial charge in [-0.05, 0) is 34.1 Å². The van der Waals surface area contributed by atoms with Gasteiger partial charge in [0.15, 0.2) is 0 Å². The molecule has 6 nitrogen and oxygen atoms in total. The number of halogens is 1. The Hall–Kier alpha value is -1.15. The predicted molar refractivity (Wildman–Crippen MR) is 82.4 cm³/mol. The van der Waals surface area contributed by atoms with Crippen LogP contribution in [0.2, 0.25) is 0 Å². The zero-order valence-corrected chi connectivity index (χ0v) is 13.6. The third kappa shape index (κ3) is 7.42. The van der Waals surface area contributed by atoms with E-state index >= 15 is 0 Å². The molecule has 1 rings (SSSR count). The molecule has 0 radical (unpaired) electrons. The number of hydrogen-bond acceptors (Lipinski definition) is 6. The molecule has 21 heavy (non-hydrogen) atoms. The standard InChI is InChI=1S/C14H20BrNO5/c1-18-4-5-19-6-7-20-8-9-21-14(17)11-2-3-13(16)12(15)10-11/h2-3,10H,4-9,16H2,1H3. The Morgan fingerprint density at radius 2 is 1.71 bits per heavy atom. The Balaban J connectivity index is 2.09. The van der Waals surface area contributed by atoms with Crippen molar-refractivity contribution in [3.63, 3.8) is 0 Å². The van der Waals surface area contributed by atoms with Crippen molar-refractivity contribution in [3.8, 4) is 0 Å². The summed E-state index contributed by atoms with van der Waals surface area (Å²) in [7, 11) is 1.62. The molecule has 0 aliphatic carbocycles. The van der Waals surface area contributed by atoms with Crippen LogP contribution < -0.4 is 5.73 Å². The van der Waals surface area contributed by atoms with Crippen LogP contribution in [-0.2, 0) is 18.9 Å². The molecule has 0 amide bonds. The van der Waals surface area contributed by atoms with Crippen LogP contribution in [-0.4, -0.2) is 52.7 Å². The molecule has 0 aromatic heterocycles. The Labute approximate surface area is 132 Å². The van der Waals surface area contributed by atoms with Crippen LogP contribution in [0.1, 0.15) is 10.4 Å². The van der Waals surface area contributed by atoms with Crippen molar-refractivity contribution >= 4 is 27.6 Å². The van der Waals surface area contributed by atoms with Crippen molar-refractivity contribution in [2.45, 2.75) is 0 Å². The Morgan fingerprint density at radius 1 is 1.10 bits per heavy atom. The Morgan fingerprint density at radius 3 is 2.33 bits per heavy atom. The number of methoxy groups -OCH3 is 1. The molecule has 0 spiro atoms. The second-order valence-corrected chi connectivity index (χ2v) is 4.94. The van der Waals surface area contributed by atoms with E-state index in [1.54, 1.807) is 25.3 Å². The number of nitrogens with two attached hydrogens (primary N) is 1. The summed E-state index contributed by atoms with van der Waals surface area (Å²) >= 11 is 3.26. The molecular formula is C14H20BrNO5. The fourth-order valence-electron chi connectivity index (χ4n) is 1.39. The fraction of sp³-hybridized carbons (Fsp3) is 0.500. The molecule has 0 atom stereocenters. The number of carbonyl (C=O) groups is 1. The van der Waals surface area contributed by atoms with Crippen molar-refractivity contribution < 1.29 is 23.7 Å². The highest BCUT2D eigenvalue weighted by atomic mass is 79.9. The Bertz CT molecular complexity index is 441. The maximum atomic E-state index is 11.7. The number of anilines is 1. The number of esters is 1. The number of nitrogen functional groups attached to an aromatic ring is 1. The van der Waals surface area contributed by atoms with Gasteiger partial charge < -0.3 is 24.7 Å². The van der Waals surface area contributed by atoms with E-state index < -0.39 is 5.97 Å². The van der Waals surface area contributed by atoms with Crippen LogP contribution >= 0.6 is 15.9 Å². The first-order valence-electron chi connectivity index (χ1n) is 6.51. The number of hydrogen-bond donors (Lipinski definition) is 1. The van der Waals surface area contributed by atoms with Gasteiger partial charge in [0.05, 0.1) is 38.6 Å². The van der Waals surface area contributed by atoms with Gasteiger partial charge in [-0.2, -0.15) is 0 Å². The first-order chi connectivity index (χ1) is 10.1. The van der Waals surface area contributed by atoms with E-state index in [4.69, 9.17) is 24.7 Å². The van der Waals surface area contributed by atoms with Crippen molar-refractivity contribution in [2.24, 2.45) is 0 Å². The largest absolute Gasteiger partial charge is 0.460 e. The van der Waals surface area contributed by atoms with Crippen LogP contribution in [0, 0.1) is 0 Å². The minimum atomic E-state index is -0.407. The SMILES string of the molecule is COCCOCCOCCOC(=O)c1ccc(N)c(Br)c1. The van der Waals surface area contributed by atoms with E-state index in [-0.39, 0.29) is 6.61 Å². The first-order valence-corrected chi connectivity index (χ1v) is 7.31. The van der Waals surface area contributed by atoms with Gasteiger partial charge >= 0.3 is 5.97 Å². The smallest absolute Gasteiger partial charge is 0.338 e. The molecule has 0 fully saturated rings. The van der Waals surface area contributed by atoms with Gasteiger partial charge in [0.1, 0.15) is 6.61 Å². The van der Waals surface area contributed by atoms with Crippen LogP contribution in [0.3, 0.4) is 0 Å². The summed E-state index contributed by atoms with van der Waals surface area (Å²) in [5.41, 5.74) is 6.66. The fourth-order valence-corrected chi connectivity index (χ4v) is 1.77. The summed E-state index contributed by atoms with van der Waals surface area (Å²) in [6.07, 6.45) is 0. The molecule has 118 valence electrons. The summed E-state index contributed by atoms with van der Waals surface area (Å²) < 4.78 is 21.1. The lowest BCUT2D eigenvalue weighted by Crippen LogP contribution is -2.14. The highest BCUT2D eigenvalue weighted by Crippen LogP contribution is 2.20. The molecule has 0 bridgehead atoms. The van der Waals surface area contributed by atoms with E-state index in [0.29, 0.717) is 48.8 Å². The molecule has 0 aliphatic rings. The lowest BCUT2D eigenvalue weighted by atomic mass is 10.2. The predicted octanol–water partition coefficient (Wildman–Crippen LogP) is 1.87. The van der Waals surface area contributed by atoms with Crippen LogP contribution in [0.4, 0.5) is 5.69 Å². The van der Waals surface area contributed by atoms with Crippen molar-refractivity contribution in [1.82, 2.24) is 0 Å². The van der Waals surface area contributed by atoms with Gasteiger partial charge in [0.2, 0.25) is 0 Å². The van der Waals surface area contributed by atoms with Gasteiger partial charge in [0.25, 0.3) is 0 Å². The molecule has 0 aliphatic heterocycles. The van der Waals surface area contributed by atoms with Crippen LogP contribution in [0.25, 0.3) is 0 Å². The normalized spacial score (nSPS) is 10.6. The molecule has 2 N–H and O–H groups in total. The van der Waals surface area contributed by atoms with Gasteiger partial charge in [0, 0.05) is 17.3 Å². The summed E-state index contributed by atoms with van der Waals surface area (Å²) in [5.74, 6) is -0.407. The molecule has 0 heterocycles. The second kappa shape index (κ2) is 10.6. The maximum Gasteiger partial charge on any atom is 0.338 e. The van der Waals surface area contributed by atoms with Crippen molar-refractivity contribution in [1.29, 1.82) is 0 Å². The van der Waals surface area contributed by atoms with Gasteiger partial charge in [-0.15, -0.1) is 0 Å². The highest BCUT2D eigenvalue weighted by molar-refractivity contribution is 9.10. The van der Waals surface area contributed by atoms with E-state index in [1.165, 1.54) is 0 Å². The van der Waals surface area contributed by atoms with E-state index in [1.807, 2.05) is 0 Å². The maximum absolute atomic E-state index is 11.7. The zero-order valence-electron chi connectivity index (χ0n) is 12.0. The van der Waals surface area contributed by atoms with Crippen molar-refractivity contribution in [3.05, 3.63) is 28.2 Å². The lowest BCUT2D eigenvalue weighted by molar-refractivity contribution is 0.00570. The minimum Gasteiger partial charge on any atom is -0.460 e.